The van der Waals surface area contributed by atoms with Crippen molar-refractivity contribution in [2.45, 2.75) is 20.8 Å². The molecule has 2 aromatic rings. The molecule has 0 radical (unpaired) electrons. The van der Waals surface area contributed by atoms with E-state index in [0.29, 0.717) is 5.69 Å². The number of nitrogens with one attached hydrogen (secondary N) is 2. The standard InChI is InChI=1S/C19H22F3N3O/c1-4-25(5-2)13-6-8-15(12(3)10-13)24-17(26)11-23-16-9-7-14(20)18(21)19(16)22/h6-10,23H,4-5,11H2,1-3H3,(H,24,26). The van der Waals surface area contributed by atoms with Crippen molar-refractivity contribution in [2.75, 3.05) is 35.2 Å². The van der Waals surface area contributed by atoms with Crippen molar-refractivity contribution in [3.63, 3.8) is 0 Å². The number of aryl methyl sites for hydroxylation is 1. The summed E-state index contributed by atoms with van der Waals surface area (Å²) in [5, 5.41) is 5.18. The minimum absolute atomic E-state index is 0.271. The van der Waals surface area contributed by atoms with Gasteiger partial charge < -0.3 is 15.5 Å². The molecule has 140 valence electrons. The molecule has 0 saturated heterocycles. The van der Waals surface area contributed by atoms with Crippen molar-refractivity contribution >= 4 is 23.0 Å². The van der Waals surface area contributed by atoms with Gasteiger partial charge in [0.05, 0.1) is 12.2 Å². The van der Waals surface area contributed by atoms with Crippen LogP contribution in [0.4, 0.5) is 30.2 Å². The molecule has 0 spiro atoms. The first-order valence-corrected chi connectivity index (χ1v) is 8.40. The van der Waals surface area contributed by atoms with Crippen molar-refractivity contribution < 1.29 is 18.0 Å². The molecule has 0 unspecified atom stereocenters. The van der Waals surface area contributed by atoms with Gasteiger partial charge in [0.15, 0.2) is 17.5 Å². The van der Waals surface area contributed by atoms with Crippen molar-refractivity contribution in [1.82, 2.24) is 0 Å². The SMILES string of the molecule is CCN(CC)c1ccc(NC(=O)CNc2ccc(F)c(F)c2F)c(C)c1. The average Bonchev–Trinajstić information content (AvgIpc) is 2.62. The summed E-state index contributed by atoms with van der Waals surface area (Å²) in [6.45, 7) is 7.50. The zero-order valence-electron chi connectivity index (χ0n) is 15.0. The zero-order valence-corrected chi connectivity index (χ0v) is 15.0. The number of carbonyl (C=O) groups is 1. The number of amides is 1. The second-order valence-corrected chi connectivity index (χ2v) is 5.80. The highest BCUT2D eigenvalue weighted by molar-refractivity contribution is 5.94. The quantitative estimate of drug-likeness (QED) is 0.719. The summed E-state index contributed by atoms with van der Waals surface area (Å²) >= 11 is 0. The van der Waals surface area contributed by atoms with E-state index >= 15 is 0 Å². The van der Waals surface area contributed by atoms with Crippen LogP contribution in [0.15, 0.2) is 30.3 Å². The van der Waals surface area contributed by atoms with Crippen LogP contribution in [0, 0.1) is 24.4 Å². The Balaban J connectivity index is 2.01. The lowest BCUT2D eigenvalue weighted by Crippen LogP contribution is -2.24. The summed E-state index contributed by atoms with van der Waals surface area (Å²) in [4.78, 5) is 14.2. The average molecular weight is 365 g/mol. The maximum Gasteiger partial charge on any atom is 0.243 e. The van der Waals surface area contributed by atoms with E-state index in [0.717, 1.165) is 36.5 Å². The number of anilines is 3. The van der Waals surface area contributed by atoms with Gasteiger partial charge >= 0.3 is 0 Å². The fourth-order valence-electron chi connectivity index (χ4n) is 2.61. The van der Waals surface area contributed by atoms with Gasteiger partial charge in [-0.3, -0.25) is 4.79 Å². The van der Waals surface area contributed by atoms with Gasteiger partial charge in [-0.2, -0.15) is 0 Å². The number of halogens is 3. The third-order valence-corrected chi connectivity index (χ3v) is 4.09. The molecule has 2 rings (SSSR count). The molecule has 2 N–H and O–H groups in total. The molecule has 7 heteroatoms. The summed E-state index contributed by atoms with van der Waals surface area (Å²) in [5.74, 6) is -4.62. The predicted octanol–water partition coefficient (Wildman–Crippen LogP) is 4.31. The first-order chi connectivity index (χ1) is 12.4. The summed E-state index contributed by atoms with van der Waals surface area (Å²) < 4.78 is 39.7. The van der Waals surface area contributed by atoms with E-state index in [-0.39, 0.29) is 12.2 Å². The number of nitrogens with zero attached hydrogens (tertiary/aromatic N) is 1. The van der Waals surface area contributed by atoms with Crippen LogP contribution >= 0.6 is 0 Å². The molecule has 4 nitrogen and oxygen atoms in total. The largest absolute Gasteiger partial charge is 0.374 e. The van der Waals surface area contributed by atoms with Crippen molar-refractivity contribution in [2.24, 2.45) is 0 Å². The molecule has 0 aliphatic rings. The summed E-state index contributed by atoms with van der Waals surface area (Å²) in [7, 11) is 0. The molecule has 0 aromatic heterocycles. The third-order valence-electron chi connectivity index (χ3n) is 4.09. The number of hydrogen-bond donors (Lipinski definition) is 2. The number of hydrogen-bond acceptors (Lipinski definition) is 3. The smallest absolute Gasteiger partial charge is 0.243 e. The number of carbonyl (C=O) groups excluding carboxylic acids is 1. The van der Waals surface area contributed by atoms with Crippen molar-refractivity contribution in [3.05, 3.63) is 53.3 Å². The molecule has 0 saturated carbocycles. The van der Waals surface area contributed by atoms with Crippen LogP contribution in [0.5, 0.6) is 0 Å². The fraction of sp³-hybridized carbons (Fsp3) is 0.316. The lowest BCUT2D eigenvalue weighted by atomic mass is 10.1. The van der Waals surface area contributed by atoms with Crippen LogP contribution in [0.25, 0.3) is 0 Å². The molecule has 0 heterocycles. The van der Waals surface area contributed by atoms with E-state index in [1.165, 1.54) is 0 Å². The Morgan fingerprint density at radius 2 is 1.65 bits per heavy atom. The van der Waals surface area contributed by atoms with Crippen molar-refractivity contribution in [1.29, 1.82) is 0 Å². The van der Waals surface area contributed by atoms with E-state index < -0.39 is 23.4 Å². The normalized spacial score (nSPS) is 10.5. The van der Waals surface area contributed by atoms with E-state index in [9.17, 15) is 18.0 Å². The Morgan fingerprint density at radius 3 is 2.27 bits per heavy atom. The summed E-state index contributed by atoms with van der Waals surface area (Å²) in [6, 6.07) is 7.54. The lowest BCUT2D eigenvalue weighted by Gasteiger charge is -2.22. The van der Waals surface area contributed by atoms with Gasteiger partial charge in [-0.15, -0.1) is 0 Å². The second kappa shape index (κ2) is 8.60. The van der Waals surface area contributed by atoms with Crippen LogP contribution in [-0.2, 0) is 4.79 Å². The summed E-state index contributed by atoms with van der Waals surface area (Å²) in [6.07, 6.45) is 0. The molecule has 0 bridgehead atoms. The minimum atomic E-state index is -1.57. The third kappa shape index (κ3) is 4.47. The Kier molecular flexibility index (Phi) is 6.49. The van der Waals surface area contributed by atoms with Gasteiger partial charge in [0.1, 0.15) is 0 Å². The van der Waals surface area contributed by atoms with Gasteiger partial charge in [0.2, 0.25) is 5.91 Å². The second-order valence-electron chi connectivity index (χ2n) is 5.80. The van der Waals surface area contributed by atoms with Gasteiger partial charge in [0, 0.05) is 24.5 Å². The molecular formula is C19H22F3N3O. The van der Waals surface area contributed by atoms with E-state index in [1.807, 2.05) is 19.1 Å². The predicted molar refractivity (Wildman–Crippen MR) is 98.2 cm³/mol. The molecule has 0 aliphatic carbocycles. The van der Waals surface area contributed by atoms with Crippen LogP contribution in [-0.4, -0.2) is 25.5 Å². The molecule has 0 aliphatic heterocycles. The highest BCUT2D eigenvalue weighted by Crippen LogP contribution is 2.23. The van der Waals surface area contributed by atoms with Gasteiger partial charge in [0.25, 0.3) is 0 Å². The Bertz CT molecular complexity index is 792. The molecule has 1 amide bonds. The topological polar surface area (TPSA) is 44.4 Å². The molecule has 26 heavy (non-hydrogen) atoms. The van der Waals surface area contributed by atoms with E-state index in [4.69, 9.17) is 0 Å². The molecule has 2 aromatic carbocycles. The Labute approximate surface area is 151 Å². The van der Waals surface area contributed by atoms with Crippen molar-refractivity contribution in [3.8, 4) is 0 Å². The highest BCUT2D eigenvalue weighted by atomic mass is 19.2. The molecule has 0 fully saturated rings. The van der Waals surface area contributed by atoms with Crippen LogP contribution < -0.4 is 15.5 Å². The van der Waals surface area contributed by atoms with Gasteiger partial charge in [-0.25, -0.2) is 13.2 Å². The number of rotatable bonds is 7. The first kappa shape index (κ1) is 19.6. The maximum atomic E-state index is 13.6. The summed E-state index contributed by atoms with van der Waals surface area (Å²) in [5.41, 5.74) is 2.32. The van der Waals surface area contributed by atoms with Crippen LogP contribution in [0.2, 0.25) is 0 Å². The minimum Gasteiger partial charge on any atom is -0.374 e. The van der Waals surface area contributed by atoms with E-state index in [1.54, 1.807) is 6.07 Å². The maximum absolute atomic E-state index is 13.6. The van der Waals surface area contributed by atoms with E-state index in [2.05, 4.69) is 29.4 Å². The number of benzene rings is 2. The highest BCUT2D eigenvalue weighted by Gasteiger charge is 2.14. The van der Waals surface area contributed by atoms with Gasteiger partial charge in [-0.05, 0) is 56.7 Å². The zero-order chi connectivity index (χ0) is 19.3. The fourth-order valence-corrected chi connectivity index (χ4v) is 2.61. The first-order valence-electron chi connectivity index (χ1n) is 8.40. The Hall–Kier alpha value is -2.70. The molecule has 0 atom stereocenters. The lowest BCUT2D eigenvalue weighted by molar-refractivity contribution is -0.114. The van der Waals surface area contributed by atoms with Crippen LogP contribution in [0.1, 0.15) is 19.4 Å². The monoisotopic (exact) mass is 365 g/mol. The van der Waals surface area contributed by atoms with Gasteiger partial charge in [-0.1, -0.05) is 0 Å². The molecular weight excluding hydrogens is 343 g/mol. The van der Waals surface area contributed by atoms with Crippen LogP contribution in [0.3, 0.4) is 0 Å². The Morgan fingerprint density at radius 1 is 1.00 bits per heavy atom.